The molecule has 122 valence electrons. The number of H-pyrrole nitrogens is 1. The number of aromatic amines is 1. The van der Waals surface area contributed by atoms with Gasteiger partial charge in [0.25, 0.3) is 0 Å². The summed E-state index contributed by atoms with van der Waals surface area (Å²) in [6.07, 6.45) is 6.93. The number of imidazole rings is 1. The monoisotopic (exact) mass is 311 g/mol. The molecular formula is C19H25N3O. The van der Waals surface area contributed by atoms with E-state index in [1.54, 1.807) is 0 Å². The van der Waals surface area contributed by atoms with Crippen LogP contribution in [0.4, 0.5) is 0 Å². The van der Waals surface area contributed by atoms with Crippen molar-refractivity contribution in [3.63, 3.8) is 0 Å². The van der Waals surface area contributed by atoms with Crippen molar-refractivity contribution < 1.29 is 4.79 Å². The third kappa shape index (κ3) is 2.87. The molecule has 1 aromatic heterocycles. The molecule has 2 heterocycles. The first-order valence-corrected chi connectivity index (χ1v) is 8.96. The Morgan fingerprint density at radius 2 is 2.04 bits per heavy atom. The van der Waals surface area contributed by atoms with Crippen LogP contribution >= 0.6 is 0 Å². The Hall–Kier alpha value is -1.84. The fourth-order valence-electron chi connectivity index (χ4n) is 4.13. The second-order valence-electron chi connectivity index (χ2n) is 7.25. The SMILES string of the molecule is Cc1ccc2nc([C@H]3CCN(C(=O)C4CCCCC4)C3)[nH]c2c1. The molecule has 4 rings (SSSR count). The van der Waals surface area contributed by atoms with Gasteiger partial charge in [0.1, 0.15) is 5.82 Å². The van der Waals surface area contributed by atoms with E-state index in [2.05, 4.69) is 35.0 Å². The summed E-state index contributed by atoms with van der Waals surface area (Å²) < 4.78 is 0. The van der Waals surface area contributed by atoms with Crippen molar-refractivity contribution >= 4 is 16.9 Å². The standard InChI is InChI=1S/C19H25N3O/c1-13-7-8-16-17(11-13)21-18(20-16)15-9-10-22(12-15)19(23)14-5-3-2-4-6-14/h7-8,11,14-15H,2-6,9-10,12H2,1H3,(H,20,21)/t15-/m0/s1. The Bertz CT molecular complexity index is 714. The maximum Gasteiger partial charge on any atom is 0.225 e. The molecule has 1 atom stereocenters. The highest BCUT2D eigenvalue weighted by molar-refractivity contribution is 5.79. The van der Waals surface area contributed by atoms with Gasteiger partial charge in [0.15, 0.2) is 0 Å². The molecule has 1 saturated heterocycles. The number of hydrogen-bond acceptors (Lipinski definition) is 2. The van der Waals surface area contributed by atoms with Gasteiger partial charge in [-0.3, -0.25) is 4.79 Å². The van der Waals surface area contributed by atoms with Crippen molar-refractivity contribution in [2.75, 3.05) is 13.1 Å². The summed E-state index contributed by atoms with van der Waals surface area (Å²) in [5.41, 5.74) is 3.38. The lowest BCUT2D eigenvalue weighted by Crippen LogP contribution is -2.35. The minimum atomic E-state index is 0.279. The average molecular weight is 311 g/mol. The van der Waals surface area contributed by atoms with Crippen LogP contribution in [0.5, 0.6) is 0 Å². The zero-order valence-corrected chi connectivity index (χ0v) is 13.8. The van der Waals surface area contributed by atoms with Crippen LogP contribution in [-0.2, 0) is 4.79 Å². The molecule has 1 aliphatic heterocycles. The number of aromatic nitrogens is 2. The Morgan fingerprint density at radius 1 is 1.22 bits per heavy atom. The van der Waals surface area contributed by atoms with E-state index in [1.807, 2.05) is 0 Å². The fraction of sp³-hybridized carbons (Fsp3) is 0.579. The van der Waals surface area contributed by atoms with Crippen LogP contribution < -0.4 is 0 Å². The fourth-order valence-corrected chi connectivity index (χ4v) is 4.13. The van der Waals surface area contributed by atoms with Gasteiger partial charge in [0, 0.05) is 24.9 Å². The lowest BCUT2D eigenvalue weighted by molar-refractivity contribution is -0.135. The molecule has 0 spiro atoms. The molecule has 1 aliphatic carbocycles. The summed E-state index contributed by atoms with van der Waals surface area (Å²) in [5.74, 6) is 2.07. The zero-order chi connectivity index (χ0) is 15.8. The first-order valence-electron chi connectivity index (χ1n) is 8.96. The number of benzene rings is 1. The van der Waals surface area contributed by atoms with E-state index in [9.17, 15) is 4.79 Å². The molecule has 2 aliphatic rings. The van der Waals surface area contributed by atoms with Gasteiger partial charge >= 0.3 is 0 Å². The molecule has 1 aromatic carbocycles. The van der Waals surface area contributed by atoms with Crippen LogP contribution in [0.15, 0.2) is 18.2 Å². The second-order valence-corrected chi connectivity index (χ2v) is 7.25. The second kappa shape index (κ2) is 5.99. The number of nitrogens with one attached hydrogen (secondary N) is 1. The smallest absolute Gasteiger partial charge is 0.225 e. The molecule has 0 unspecified atom stereocenters. The minimum absolute atomic E-state index is 0.279. The number of nitrogens with zero attached hydrogens (tertiary/aromatic N) is 2. The van der Waals surface area contributed by atoms with E-state index in [4.69, 9.17) is 4.98 Å². The molecule has 1 N–H and O–H groups in total. The van der Waals surface area contributed by atoms with E-state index in [1.165, 1.54) is 24.8 Å². The highest BCUT2D eigenvalue weighted by Crippen LogP contribution is 2.31. The van der Waals surface area contributed by atoms with E-state index in [-0.39, 0.29) is 5.92 Å². The van der Waals surface area contributed by atoms with Gasteiger partial charge in [-0.05, 0) is 43.9 Å². The molecule has 2 aromatic rings. The van der Waals surface area contributed by atoms with Crippen LogP contribution in [0.1, 0.15) is 55.8 Å². The Labute approximate surface area is 137 Å². The third-order valence-electron chi connectivity index (χ3n) is 5.50. The molecule has 4 nitrogen and oxygen atoms in total. The highest BCUT2D eigenvalue weighted by atomic mass is 16.2. The van der Waals surface area contributed by atoms with Gasteiger partial charge < -0.3 is 9.88 Å². The summed E-state index contributed by atoms with van der Waals surface area (Å²) in [5, 5.41) is 0. The summed E-state index contributed by atoms with van der Waals surface area (Å²) in [4.78, 5) is 23.0. The Balaban J connectivity index is 1.47. The molecule has 4 heteroatoms. The van der Waals surface area contributed by atoms with E-state index in [0.29, 0.717) is 11.8 Å². The van der Waals surface area contributed by atoms with E-state index in [0.717, 1.165) is 49.2 Å². The number of carbonyl (C=O) groups excluding carboxylic acids is 1. The zero-order valence-electron chi connectivity index (χ0n) is 13.8. The number of rotatable bonds is 2. The maximum atomic E-state index is 12.7. The van der Waals surface area contributed by atoms with E-state index >= 15 is 0 Å². The van der Waals surface area contributed by atoms with Gasteiger partial charge in [-0.1, -0.05) is 25.3 Å². The number of aryl methyl sites for hydroxylation is 1. The summed E-state index contributed by atoms with van der Waals surface area (Å²) in [7, 11) is 0. The Morgan fingerprint density at radius 3 is 2.87 bits per heavy atom. The molecule has 1 saturated carbocycles. The molecule has 0 radical (unpaired) electrons. The largest absolute Gasteiger partial charge is 0.342 e. The number of fused-ring (bicyclic) bond motifs is 1. The minimum Gasteiger partial charge on any atom is -0.342 e. The van der Waals surface area contributed by atoms with Gasteiger partial charge in [-0.25, -0.2) is 4.98 Å². The first kappa shape index (κ1) is 14.7. The van der Waals surface area contributed by atoms with Crippen molar-refractivity contribution in [2.24, 2.45) is 5.92 Å². The van der Waals surface area contributed by atoms with Crippen molar-refractivity contribution in [1.29, 1.82) is 0 Å². The summed E-state index contributed by atoms with van der Waals surface area (Å²) in [6.45, 7) is 3.81. The molecule has 23 heavy (non-hydrogen) atoms. The van der Waals surface area contributed by atoms with Crippen molar-refractivity contribution in [3.05, 3.63) is 29.6 Å². The normalized spacial score (nSPS) is 22.8. The van der Waals surface area contributed by atoms with Crippen LogP contribution in [-0.4, -0.2) is 33.9 Å². The number of hydrogen-bond donors (Lipinski definition) is 1. The Kier molecular flexibility index (Phi) is 3.83. The van der Waals surface area contributed by atoms with Crippen LogP contribution in [0.3, 0.4) is 0 Å². The van der Waals surface area contributed by atoms with Crippen molar-refractivity contribution in [2.45, 2.75) is 51.4 Å². The van der Waals surface area contributed by atoms with Gasteiger partial charge in [0.05, 0.1) is 11.0 Å². The lowest BCUT2D eigenvalue weighted by Gasteiger charge is -2.26. The van der Waals surface area contributed by atoms with Crippen LogP contribution in [0, 0.1) is 12.8 Å². The quantitative estimate of drug-likeness (QED) is 0.918. The van der Waals surface area contributed by atoms with Gasteiger partial charge in [0.2, 0.25) is 5.91 Å². The average Bonchev–Trinajstić information content (AvgIpc) is 3.21. The molecular weight excluding hydrogens is 286 g/mol. The topological polar surface area (TPSA) is 49.0 Å². The summed E-state index contributed by atoms with van der Waals surface area (Å²) in [6, 6.07) is 6.32. The lowest BCUT2D eigenvalue weighted by atomic mass is 9.88. The number of carbonyl (C=O) groups is 1. The predicted molar refractivity (Wildman–Crippen MR) is 91.3 cm³/mol. The van der Waals surface area contributed by atoms with Gasteiger partial charge in [-0.15, -0.1) is 0 Å². The summed E-state index contributed by atoms with van der Waals surface area (Å²) >= 11 is 0. The third-order valence-corrected chi connectivity index (χ3v) is 5.50. The number of amides is 1. The van der Waals surface area contributed by atoms with Crippen LogP contribution in [0.2, 0.25) is 0 Å². The van der Waals surface area contributed by atoms with Crippen molar-refractivity contribution in [3.8, 4) is 0 Å². The predicted octanol–water partition coefficient (Wildman–Crippen LogP) is 3.77. The molecule has 0 bridgehead atoms. The van der Waals surface area contributed by atoms with Crippen molar-refractivity contribution in [1.82, 2.24) is 14.9 Å². The maximum absolute atomic E-state index is 12.7. The molecule has 1 amide bonds. The first-order chi connectivity index (χ1) is 11.2. The highest BCUT2D eigenvalue weighted by Gasteiger charge is 2.33. The molecule has 2 fully saturated rings. The van der Waals surface area contributed by atoms with Gasteiger partial charge in [-0.2, -0.15) is 0 Å². The number of likely N-dealkylation sites (tertiary alicyclic amines) is 1. The van der Waals surface area contributed by atoms with E-state index < -0.39 is 0 Å². The van der Waals surface area contributed by atoms with Crippen LogP contribution in [0.25, 0.3) is 11.0 Å².